The minimum atomic E-state index is -5.13. The third kappa shape index (κ3) is 8.54. The summed E-state index contributed by atoms with van der Waals surface area (Å²) in [5.41, 5.74) is -2.30. The molecule has 1 aliphatic rings. The molecule has 18 heteroatoms. The van der Waals surface area contributed by atoms with E-state index in [1.807, 2.05) is 0 Å². The molecule has 0 radical (unpaired) electrons. The van der Waals surface area contributed by atoms with Crippen LogP contribution in [-0.2, 0) is 54.6 Å². The van der Waals surface area contributed by atoms with Gasteiger partial charge < -0.3 is 50.1 Å². The molecule has 0 fully saturated rings. The summed E-state index contributed by atoms with van der Waals surface area (Å²) in [6, 6.07) is 2.30. The summed E-state index contributed by atoms with van der Waals surface area (Å²) < 4.78 is 69.3. The second-order valence-corrected chi connectivity index (χ2v) is 10.3. The first kappa shape index (κ1) is 38.4. The van der Waals surface area contributed by atoms with Crippen LogP contribution in [-0.4, -0.2) is 97.6 Å². The molecule has 0 spiro atoms. The molecule has 6 N–H and O–H groups in total. The standard InChI is InChI=1S/C28H34ClF3N2O12/c1-13(2)45-26(41)19-17(12-44-11-10-43-9-8-33)34-14(3)18(25(40)42-4)27(19,46-22(24(38)39)21(35)23(36)37)15-6-5-7-16(20(15)29)28(30,31)32/h5-7,13,21-22,34-35H,8-12,33H2,1-4H3,(H,36,37)(H,38,39). The number of aliphatic hydroxyl groups excluding tert-OH is 1. The van der Waals surface area contributed by atoms with Crippen molar-refractivity contribution in [3.05, 3.63) is 56.9 Å². The van der Waals surface area contributed by atoms with E-state index < -0.39 is 87.9 Å². The molecule has 1 aliphatic heterocycles. The van der Waals surface area contributed by atoms with Gasteiger partial charge in [0.2, 0.25) is 0 Å². The number of hydrogen-bond donors (Lipinski definition) is 5. The Hall–Kier alpha value is -3.74. The van der Waals surface area contributed by atoms with Crippen molar-refractivity contribution in [2.24, 2.45) is 5.73 Å². The van der Waals surface area contributed by atoms with Gasteiger partial charge in [-0.2, -0.15) is 13.2 Å². The highest BCUT2D eigenvalue weighted by Gasteiger charge is 2.58. The van der Waals surface area contributed by atoms with Gasteiger partial charge in [-0.15, -0.1) is 0 Å². The van der Waals surface area contributed by atoms with E-state index in [0.29, 0.717) is 6.07 Å². The van der Waals surface area contributed by atoms with E-state index in [1.165, 1.54) is 20.8 Å². The lowest BCUT2D eigenvalue weighted by atomic mass is 9.74. The van der Waals surface area contributed by atoms with Crippen LogP contribution in [0.4, 0.5) is 13.2 Å². The molecule has 0 saturated heterocycles. The van der Waals surface area contributed by atoms with Crippen molar-refractivity contribution < 1.29 is 71.4 Å². The van der Waals surface area contributed by atoms with E-state index in [0.717, 1.165) is 19.2 Å². The molecular formula is C28H34ClF3N2O12. The topological polar surface area (TPSA) is 213 Å². The molecule has 46 heavy (non-hydrogen) atoms. The Labute approximate surface area is 265 Å². The van der Waals surface area contributed by atoms with Gasteiger partial charge in [0.25, 0.3) is 0 Å². The average Bonchev–Trinajstić information content (AvgIpc) is 2.95. The summed E-state index contributed by atoms with van der Waals surface area (Å²) in [6.45, 7) is 3.78. The van der Waals surface area contributed by atoms with Gasteiger partial charge in [0, 0.05) is 17.8 Å². The van der Waals surface area contributed by atoms with Gasteiger partial charge in [-0.25, -0.2) is 19.2 Å². The summed E-state index contributed by atoms with van der Waals surface area (Å²) in [7, 11) is 0.873. The number of esters is 2. The SMILES string of the molecule is COC(=O)C1=C(C)NC(COCCOCCN)=C(C(=O)OC(C)C)C1(OC(C(=O)O)C(O)C(=O)O)c1cccc(C(F)(F)F)c1Cl. The Bertz CT molecular complexity index is 1380. The van der Waals surface area contributed by atoms with Crippen LogP contribution in [0.15, 0.2) is 40.7 Å². The number of nitrogens with one attached hydrogen (secondary N) is 1. The number of ether oxygens (including phenoxy) is 5. The van der Waals surface area contributed by atoms with Gasteiger partial charge in [-0.1, -0.05) is 23.7 Å². The summed E-state index contributed by atoms with van der Waals surface area (Å²) in [4.78, 5) is 51.5. The molecule has 3 unspecified atom stereocenters. The van der Waals surface area contributed by atoms with Gasteiger partial charge >= 0.3 is 30.1 Å². The van der Waals surface area contributed by atoms with E-state index in [1.54, 1.807) is 0 Å². The number of alkyl halides is 3. The minimum Gasteiger partial charge on any atom is -0.479 e. The molecule has 0 bridgehead atoms. The molecule has 0 aliphatic carbocycles. The molecule has 2 rings (SSSR count). The number of rotatable bonds is 16. The zero-order chi connectivity index (χ0) is 35.0. The van der Waals surface area contributed by atoms with Crippen LogP contribution in [0.25, 0.3) is 0 Å². The fourth-order valence-electron chi connectivity index (χ4n) is 4.52. The fourth-order valence-corrected chi connectivity index (χ4v) is 4.89. The van der Waals surface area contributed by atoms with Gasteiger partial charge in [-0.05, 0) is 26.8 Å². The second-order valence-electron chi connectivity index (χ2n) is 9.88. The molecule has 1 aromatic rings. The molecule has 14 nitrogen and oxygen atoms in total. The van der Waals surface area contributed by atoms with E-state index >= 15 is 0 Å². The Balaban J connectivity index is 3.17. The number of aliphatic hydroxyl groups is 1. The lowest BCUT2D eigenvalue weighted by Crippen LogP contribution is -2.54. The first-order chi connectivity index (χ1) is 21.4. The molecular weight excluding hydrogens is 649 g/mol. The van der Waals surface area contributed by atoms with Crippen molar-refractivity contribution in [1.82, 2.24) is 5.32 Å². The number of hydrogen-bond acceptors (Lipinski definition) is 12. The number of halogens is 4. The number of allylic oxidation sites excluding steroid dienone is 1. The summed E-state index contributed by atoms with van der Waals surface area (Å²) in [6.07, 6.45) is -11.7. The fraction of sp³-hybridized carbons (Fsp3) is 0.500. The molecule has 0 amide bonds. The van der Waals surface area contributed by atoms with Crippen molar-refractivity contribution in [3.8, 4) is 0 Å². The van der Waals surface area contributed by atoms with Crippen molar-refractivity contribution in [2.45, 2.75) is 50.9 Å². The lowest BCUT2D eigenvalue weighted by Gasteiger charge is -2.43. The Morgan fingerprint density at radius 3 is 2.17 bits per heavy atom. The maximum atomic E-state index is 14.1. The molecule has 3 atom stereocenters. The number of carboxylic acid groups (broad SMARTS) is 2. The zero-order valence-electron chi connectivity index (χ0n) is 25.1. The van der Waals surface area contributed by atoms with E-state index in [2.05, 4.69) is 5.32 Å². The molecule has 0 saturated carbocycles. The summed E-state index contributed by atoms with van der Waals surface area (Å²) >= 11 is 6.33. The minimum absolute atomic E-state index is 0.0193. The number of benzene rings is 1. The van der Waals surface area contributed by atoms with E-state index in [4.69, 9.17) is 41.0 Å². The highest BCUT2D eigenvalue weighted by atomic mass is 35.5. The Kier molecular flexibility index (Phi) is 13.5. The number of methoxy groups -OCH3 is 1. The molecule has 1 heterocycles. The smallest absolute Gasteiger partial charge is 0.417 e. The largest absolute Gasteiger partial charge is 0.479 e. The van der Waals surface area contributed by atoms with Crippen molar-refractivity contribution in [2.75, 3.05) is 40.1 Å². The predicted molar refractivity (Wildman–Crippen MR) is 151 cm³/mol. The maximum absolute atomic E-state index is 14.1. The first-order valence-corrected chi connectivity index (χ1v) is 13.9. The molecule has 256 valence electrons. The quantitative estimate of drug-likeness (QED) is 0.124. The molecule has 1 aromatic carbocycles. The van der Waals surface area contributed by atoms with Gasteiger partial charge in [0.15, 0.2) is 17.8 Å². The number of dihydropyridines is 1. The summed E-state index contributed by atoms with van der Waals surface area (Å²) in [5, 5.41) is 31.4. The van der Waals surface area contributed by atoms with Crippen LogP contribution in [0.2, 0.25) is 5.02 Å². The Morgan fingerprint density at radius 1 is 1.02 bits per heavy atom. The van der Waals surface area contributed by atoms with Crippen LogP contribution in [0.3, 0.4) is 0 Å². The van der Waals surface area contributed by atoms with Gasteiger partial charge in [0.1, 0.15) is 0 Å². The number of aliphatic carboxylic acids is 2. The Morgan fingerprint density at radius 2 is 1.65 bits per heavy atom. The molecule has 0 aromatic heterocycles. The predicted octanol–water partition coefficient (Wildman–Crippen LogP) is 1.72. The highest BCUT2D eigenvalue weighted by Crippen LogP contribution is 2.51. The van der Waals surface area contributed by atoms with Crippen LogP contribution < -0.4 is 11.1 Å². The van der Waals surface area contributed by atoms with Crippen LogP contribution in [0.5, 0.6) is 0 Å². The normalized spacial score (nSPS) is 18.2. The monoisotopic (exact) mass is 682 g/mol. The number of nitrogens with two attached hydrogens (primary N) is 1. The number of carbonyl (C=O) groups is 4. The van der Waals surface area contributed by atoms with E-state index in [9.17, 15) is 47.7 Å². The third-order valence-corrected chi connectivity index (χ3v) is 6.71. The van der Waals surface area contributed by atoms with E-state index in [-0.39, 0.29) is 37.8 Å². The van der Waals surface area contributed by atoms with Gasteiger partial charge in [0.05, 0.1) is 67.1 Å². The zero-order valence-corrected chi connectivity index (χ0v) is 25.9. The third-order valence-electron chi connectivity index (χ3n) is 6.31. The number of carboxylic acids is 2. The second kappa shape index (κ2) is 16.2. The average molecular weight is 683 g/mol. The van der Waals surface area contributed by atoms with Crippen molar-refractivity contribution >= 4 is 35.5 Å². The summed E-state index contributed by atoms with van der Waals surface area (Å²) in [5.74, 6) is -6.98. The van der Waals surface area contributed by atoms with Crippen molar-refractivity contribution in [1.29, 1.82) is 0 Å². The van der Waals surface area contributed by atoms with Crippen LogP contribution in [0, 0.1) is 0 Å². The van der Waals surface area contributed by atoms with Gasteiger partial charge in [-0.3, -0.25) is 0 Å². The lowest BCUT2D eigenvalue weighted by molar-refractivity contribution is -0.185. The first-order valence-electron chi connectivity index (χ1n) is 13.5. The highest BCUT2D eigenvalue weighted by molar-refractivity contribution is 6.32. The van der Waals surface area contributed by atoms with Crippen LogP contribution in [0.1, 0.15) is 31.9 Å². The van der Waals surface area contributed by atoms with Crippen LogP contribution >= 0.6 is 11.6 Å². The van der Waals surface area contributed by atoms with Crippen molar-refractivity contribution in [3.63, 3.8) is 0 Å². The maximum Gasteiger partial charge on any atom is 0.417 e. The number of carbonyl (C=O) groups excluding carboxylic acids is 2.